The SMILES string of the molecule is CC(C)(C)c1nnnn1CCC(=O)NC(=O)NCc1ccccc1. The predicted octanol–water partition coefficient (Wildman–Crippen LogP) is 1.39. The molecule has 8 heteroatoms. The zero-order valence-electron chi connectivity index (χ0n) is 14.1. The number of benzene rings is 1. The molecule has 2 N–H and O–H groups in total. The van der Waals surface area contributed by atoms with E-state index in [1.807, 2.05) is 51.1 Å². The van der Waals surface area contributed by atoms with E-state index >= 15 is 0 Å². The minimum absolute atomic E-state index is 0.118. The van der Waals surface area contributed by atoms with Crippen molar-refractivity contribution in [3.63, 3.8) is 0 Å². The summed E-state index contributed by atoms with van der Waals surface area (Å²) in [6.45, 7) is 6.66. The minimum atomic E-state index is -0.517. The van der Waals surface area contributed by atoms with Crippen LogP contribution in [0, 0.1) is 0 Å². The molecule has 0 aliphatic heterocycles. The molecule has 0 fully saturated rings. The van der Waals surface area contributed by atoms with Gasteiger partial charge in [-0.05, 0) is 16.0 Å². The van der Waals surface area contributed by atoms with Crippen molar-refractivity contribution >= 4 is 11.9 Å². The molecule has 1 aromatic heterocycles. The Labute approximate surface area is 140 Å². The normalized spacial score (nSPS) is 11.1. The fraction of sp³-hybridized carbons (Fsp3) is 0.438. The van der Waals surface area contributed by atoms with E-state index in [-0.39, 0.29) is 17.7 Å². The van der Waals surface area contributed by atoms with Gasteiger partial charge >= 0.3 is 6.03 Å². The molecule has 0 unspecified atom stereocenters. The molecule has 0 spiro atoms. The van der Waals surface area contributed by atoms with Gasteiger partial charge < -0.3 is 5.32 Å². The van der Waals surface area contributed by atoms with Crippen LogP contribution < -0.4 is 10.6 Å². The highest BCUT2D eigenvalue weighted by atomic mass is 16.2. The van der Waals surface area contributed by atoms with E-state index in [4.69, 9.17) is 0 Å². The van der Waals surface area contributed by atoms with Gasteiger partial charge in [-0.15, -0.1) is 5.10 Å². The topological polar surface area (TPSA) is 102 Å². The zero-order valence-corrected chi connectivity index (χ0v) is 14.1. The number of aryl methyl sites for hydroxylation is 1. The Morgan fingerprint density at radius 3 is 2.54 bits per heavy atom. The van der Waals surface area contributed by atoms with Crippen LogP contribution in [0.15, 0.2) is 30.3 Å². The maximum Gasteiger partial charge on any atom is 0.321 e. The third-order valence-electron chi connectivity index (χ3n) is 3.30. The summed E-state index contributed by atoms with van der Waals surface area (Å²) in [5, 5.41) is 16.4. The van der Waals surface area contributed by atoms with Gasteiger partial charge in [-0.25, -0.2) is 9.48 Å². The van der Waals surface area contributed by atoms with Crippen molar-refractivity contribution in [3.05, 3.63) is 41.7 Å². The molecule has 2 rings (SSSR count). The molecule has 128 valence electrons. The van der Waals surface area contributed by atoms with Gasteiger partial charge in [0, 0.05) is 18.4 Å². The van der Waals surface area contributed by atoms with Gasteiger partial charge in [-0.2, -0.15) is 0 Å². The highest BCUT2D eigenvalue weighted by molar-refractivity contribution is 5.94. The van der Waals surface area contributed by atoms with Gasteiger partial charge in [-0.3, -0.25) is 10.1 Å². The lowest BCUT2D eigenvalue weighted by molar-refractivity contribution is -0.120. The van der Waals surface area contributed by atoms with Crippen molar-refractivity contribution in [2.24, 2.45) is 0 Å². The van der Waals surface area contributed by atoms with Crippen LogP contribution in [-0.2, 0) is 23.3 Å². The first-order valence-electron chi connectivity index (χ1n) is 7.74. The number of carbonyl (C=O) groups is 2. The van der Waals surface area contributed by atoms with E-state index in [9.17, 15) is 9.59 Å². The van der Waals surface area contributed by atoms with E-state index in [1.54, 1.807) is 4.68 Å². The van der Waals surface area contributed by atoms with Crippen LogP contribution in [0.3, 0.4) is 0 Å². The molecule has 1 heterocycles. The minimum Gasteiger partial charge on any atom is -0.334 e. The van der Waals surface area contributed by atoms with E-state index < -0.39 is 6.03 Å². The van der Waals surface area contributed by atoms with Crippen LogP contribution in [0.5, 0.6) is 0 Å². The molecular weight excluding hydrogens is 308 g/mol. The van der Waals surface area contributed by atoms with Gasteiger partial charge in [0.25, 0.3) is 0 Å². The van der Waals surface area contributed by atoms with E-state index in [0.717, 1.165) is 5.56 Å². The zero-order chi connectivity index (χ0) is 17.6. The van der Waals surface area contributed by atoms with Crippen molar-refractivity contribution in [2.75, 3.05) is 0 Å². The number of hydrogen-bond acceptors (Lipinski definition) is 5. The second-order valence-electron chi connectivity index (χ2n) is 6.44. The molecule has 8 nitrogen and oxygen atoms in total. The lowest BCUT2D eigenvalue weighted by Gasteiger charge is -2.16. The summed E-state index contributed by atoms with van der Waals surface area (Å²) >= 11 is 0. The first-order chi connectivity index (χ1) is 11.4. The quantitative estimate of drug-likeness (QED) is 0.862. The summed E-state index contributed by atoms with van der Waals surface area (Å²) in [6.07, 6.45) is 0.118. The maximum atomic E-state index is 11.9. The first-order valence-corrected chi connectivity index (χ1v) is 7.74. The summed E-state index contributed by atoms with van der Waals surface area (Å²) in [6, 6.07) is 8.95. The number of aromatic nitrogens is 4. The monoisotopic (exact) mass is 330 g/mol. The average Bonchev–Trinajstić information content (AvgIpc) is 3.01. The van der Waals surface area contributed by atoms with Gasteiger partial charge in [0.1, 0.15) is 0 Å². The number of imide groups is 1. The van der Waals surface area contributed by atoms with E-state index in [0.29, 0.717) is 18.9 Å². The summed E-state index contributed by atoms with van der Waals surface area (Å²) in [5.74, 6) is 0.319. The summed E-state index contributed by atoms with van der Waals surface area (Å²) in [4.78, 5) is 23.6. The number of nitrogens with one attached hydrogen (secondary N) is 2. The fourth-order valence-electron chi connectivity index (χ4n) is 2.11. The Morgan fingerprint density at radius 1 is 1.17 bits per heavy atom. The van der Waals surface area contributed by atoms with Crippen LogP contribution in [0.1, 0.15) is 38.6 Å². The van der Waals surface area contributed by atoms with Crippen molar-refractivity contribution in [1.29, 1.82) is 0 Å². The third kappa shape index (κ3) is 5.15. The van der Waals surface area contributed by atoms with Crippen LogP contribution in [0.2, 0.25) is 0 Å². The molecule has 0 aliphatic rings. The number of tetrazole rings is 1. The smallest absolute Gasteiger partial charge is 0.321 e. The number of urea groups is 1. The van der Waals surface area contributed by atoms with Crippen molar-refractivity contribution in [1.82, 2.24) is 30.8 Å². The molecule has 3 amide bonds. The molecule has 2 aromatic rings. The van der Waals surface area contributed by atoms with Crippen LogP contribution in [-0.4, -0.2) is 32.1 Å². The summed E-state index contributed by atoms with van der Waals surface area (Å²) in [5.41, 5.74) is 0.746. The molecule has 0 atom stereocenters. The Morgan fingerprint density at radius 2 is 1.88 bits per heavy atom. The fourth-order valence-corrected chi connectivity index (χ4v) is 2.11. The lowest BCUT2D eigenvalue weighted by atomic mass is 9.96. The molecule has 0 saturated heterocycles. The number of amides is 3. The van der Waals surface area contributed by atoms with E-state index in [2.05, 4.69) is 26.2 Å². The largest absolute Gasteiger partial charge is 0.334 e. The van der Waals surface area contributed by atoms with Crippen molar-refractivity contribution in [3.8, 4) is 0 Å². The summed E-state index contributed by atoms with van der Waals surface area (Å²) < 4.78 is 1.58. The molecule has 0 saturated carbocycles. The maximum absolute atomic E-state index is 11.9. The molecule has 1 aromatic carbocycles. The Balaban J connectivity index is 1.77. The molecular formula is C16H22N6O2. The second-order valence-corrected chi connectivity index (χ2v) is 6.44. The predicted molar refractivity (Wildman–Crippen MR) is 88.0 cm³/mol. The van der Waals surface area contributed by atoms with Gasteiger partial charge in [0.2, 0.25) is 5.91 Å². The second kappa shape index (κ2) is 7.67. The first kappa shape index (κ1) is 17.6. The van der Waals surface area contributed by atoms with E-state index in [1.165, 1.54) is 0 Å². The van der Waals surface area contributed by atoms with Crippen LogP contribution in [0.25, 0.3) is 0 Å². The Hall–Kier alpha value is -2.77. The van der Waals surface area contributed by atoms with Gasteiger partial charge in [0.05, 0.1) is 6.54 Å². The average molecular weight is 330 g/mol. The Bertz CT molecular complexity index is 690. The standard InChI is InChI=1S/C16H22N6O2/c1-16(2,3)14-19-20-21-22(14)10-9-13(23)18-15(24)17-11-12-7-5-4-6-8-12/h4-8H,9-11H2,1-3H3,(H2,17,18,23,24). The summed E-state index contributed by atoms with van der Waals surface area (Å²) in [7, 11) is 0. The molecule has 24 heavy (non-hydrogen) atoms. The highest BCUT2D eigenvalue weighted by Gasteiger charge is 2.22. The van der Waals surface area contributed by atoms with Gasteiger partial charge in [-0.1, -0.05) is 51.1 Å². The number of rotatable bonds is 5. The number of hydrogen-bond donors (Lipinski definition) is 2. The van der Waals surface area contributed by atoms with Crippen LogP contribution in [0.4, 0.5) is 4.79 Å². The molecule has 0 radical (unpaired) electrons. The number of nitrogens with zero attached hydrogens (tertiary/aromatic N) is 4. The lowest BCUT2D eigenvalue weighted by Crippen LogP contribution is -2.39. The third-order valence-corrected chi connectivity index (χ3v) is 3.30. The molecule has 0 bridgehead atoms. The highest BCUT2D eigenvalue weighted by Crippen LogP contribution is 2.18. The van der Waals surface area contributed by atoms with Crippen molar-refractivity contribution < 1.29 is 9.59 Å². The van der Waals surface area contributed by atoms with Gasteiger partial charge in [0.15, 0.2) is 5.82 Å². The van der Waals surface area contributed by atoms with Crippen molar-refractivity contribution in [2.45, 2.75) is 45.7 Å². The Kier molecular flexibility index (Phi) is 5.62. The number of carbonyl (C=O) groups excluding carboxylic acids is 2. The van der Waals surface area contributed by atoms with Crippen LogP contribution >= 0.6 is 0 Å². The molecule has 0 aliphatic carbocycles.